The van der Waals surface area contributed by atoms with Gasteiger partial charge in [0.05, 0.1) is 12.1 Å². The minimum Gasteiger partial charge on any atom is -0.292 e. The topological polar surface area (TPSA) is 69.3 Å². The molecule has 0 aliphatic carbocycles. The Morgan fingerprint density at radius 3 is 2.47 bits per heavy atom. The first kappa shape index (κ1) is 19.9. The molecular weight excluding hydrogens is 400 g/mol. The van der Waals surface area contributed by atoms with E-state index in [-0.39, 0.29) is 18.0 Å². The maximum Gasteiger partial charge on any atom is 0.351 e. The SMILES string of the molecule is Cc1cccc(-c2nc3c4ccccc4n(CC(=O)c4ccc(C)cc4C)c(=O)n3n2)c1. The highest BCUT2D eigenvalue weighted by molar-refractivity contribution is 5.99. The minimum atomic E-state index is -0.386. The van der Waals surface area contributed by atoms with Crippen LogP contribution in [0, 0.1) is 20.8 Å². The molecule has 158 valence electrons. The molecule has 0 saturated heterocycles. The molecule has 0 bridgehead atoms. The maximum atomic E-state index is 13.4. The van der Waals surface area contributed by atoms with Crippen LogP contribution in [0.15, 0.2) is 71.5 Å². The molecule has 6 heteroatoms. The number of ketones is 1. The standard InChI is InChI=1S/C26H22N4O2/c1-16-7-6-8-19(14-16)24-27-25-21-9-4-5-10-22(21)29(26(32)30(25)28-24)15-23(31)20-12-11-17(2)13-18(20)3/h4-14H,15H2,1-3H3. The lowest BCUT2D eigenvalue weighted by molar-refractivity contribution is 0.0971. The van der Waals surface area contributed by atoms with Gasteiger partial charge in [0.15, 0.2) is 17.3 Å². The lowest BCUT2D eigenvalue weighted by atomic mass is 10.0. The molecule has 2 aromatic heterocycles. The molecule has 5 aromatic rings. The first-order valence-corrected chi connectivity index (χ1v) is 10.5. The number of carbonyl (C=O) groups excluding carboxylic acids is 1. The molecule has 0 radical (unpaired) electrons. The normalized spacial score (nSPS) is 11.3. The molecular formula is C26H22N4O2. The Balaban J connectivity index is 1.69. The van der Waals surface area contributed by atoms with Crippen LogP contribution in [0.4, 0.5) is 0 Å². The lowest BCUT2D eigenvalue weighted by Gasteiger charge is -2.11. The Morgan fingerprint density at radius 1 is 0.906 bits per heavy atom. The van der Waals surface area contributed by atoms with E-state index in [1.54, 1.807) is 0 Å². The summed E-state index contributed by atoms with van der Waals surface area (Å²) < 4.78 is 2.79. The second kappa shape index (κ2) is 7.57. The van der Waals surface area contributed by atoms with Crippen LogP contribution >= 0.6 is 0 Å². The van der Waals surface area contributed by atoms with Gasteiger partial charge in [0.25, 0.3) is 0 Å². The second-order valence-corrected chi connectivity index (χ2v) is 8.17. The van der Waals surface area contributed by atoms with Crippen molar-refractivity contribution in [2.75, 3.05) is 0 Å². The van der Waals surface area contributed by atoms with Crippen molar-refractivity contribution in [2.45, 2.75) is 27.3 Å². The van der Waals surface area contributed by atoms with Gasteiger partial charge in [0, 0.05) is 16.5 Å². The highest BCUT2D eigenvalue weighted by Crippen LogP contribution is 2.22. The summed E-state index contributed by atoms with van der Waals surface area (Å²) in [6, 6.07) is 21.0. The van der Waals surface area contributed by atoms with E-state index in [0.29, 0.717) is 22.6 Å². The summed E-state index contributed by atoms with van der Waals surface area (Å²) in [6.45, 7) is 5.83. The molecule has 3 aromatic carbocycles. The van der Waals surface area contributed by atoms with Crippen molar-refractivity contribution in [3.05, 3.63) is 99.5 Å². The molecule has 0 atom stereocenters. The summed E-state index contributed by atoms with van der Waals surface area (Å²) in [5.41, 5.74) is 5.29. The average Bonchev–Trinajstić information content (AvgIpc) is 3.22. The predicted molar refractivity (Wildman–Crippen MR) is 125 cm³/mol. The summed E-state index contributed by atoms with van der Waals surface area (Å²) in [6.07, 6.45) is 0. The highest BCUT2D eigenvalue weighted by Gasteiger charge is 2.18. The molecule has 0 unspecified atom stereocenters. The van der Waals surface area contributed by atoms with Gasteiger partial charge < -0.3 is 0 Å². The molecule has 5 rings (SSSR count). The molecule has 0 saturated carbocycles. The number of benzene rings is 3. The fourth-order valence-electron chi connectivity index (χ4n) is 4.15. The van der Waals surface area contributed by atoms with Crippen LogP contribution in [-0.4, -0.2) is 24.9 Å². The number of hydrogen-bond donors (Lipinski definition) is 0. The van der Waals surface area contributed by atoms with Gasteiger partial charge in [-0.3, -0.25) is 9.36 Å². The lowest BCUT2D eigenvalue weighted by Crippen LogP contribution is -2.30. The maximum absolute atomic E-state index is 13.4. The third-order valence-corrected chi connectivity index (χ3v) is 5.72. The van der Waals surface area contributed by atoms with Gasteiger partial charge in [-0.25, -0.2) is 9.78 Å². The number of carbonyl (C=O) groups is 1. The van der Waals surface area contributed by atoms with Crippen LogP contribution in [0.2, 0.25) is 0 Å². The van der Waals surface area contributed by atoms with E-state index in [1.807, 2.05) is 87.5 Å². The van der Waals surface area contributed by atoms with E-state index in [9.17, 15) is 9.59 Å². The van der Waals surface area contributed by atoms with Gasteiger partial charge in [0.2, 0.25) is 0 Å². The zero-order valence-electron chi connectivity index (χ0n) is 18.2. The van der Waals surface area contributed by atoms with Crippen LogP contribution < -0.4 is 5.69 Å². The van der Waals surface area contributed by atoms with Gasteiger partial charge in [0.1, 0.15) is 0 Å². The molecule has 6 nitrogen and oxygen atoms in total. The Morgan fingerprint density at radius 2 is 1.69 bits per heavy atom. The van der Waals surface area contributed by atoms with Crippen LogP contribution in [0.1, 0.15) is 27.0 Å². The number of Topliss-reactive ketones (excluding diaryl/α,β-unsaturated/α-hetero) is 1. The van der Waals surface area contributed by atoms with Crippen molar-refractivity contribution < 1.29 is 4.79 Å². The summed E-state index contributed by atoms with van der Waals surface area (Å²) in [7, 11) is 0. The van der Waals surface area contributed by atoms with Gasteiger partial charge >= 0.3 is 5.69 Å². The molecule has 0 aliphatic heterocycles. The van der Waals surface area contributed by atoms with Gasteiger partial charge in [-0.05, 0) is 44.5 Å². The van der Waals surface area contributed by atoms with Crippen LogP contribution in [-0.2, 0) is 6.54 Å². The van der Waals surface area contributed by atoms with E-state index in [0.717, 1.165) is 27.6 Å². The number of para-hydroxylation sites is 1. The number of nitrogens with zero attached hydrogens (tertiary/aromatic N) is 4. The predicted octanol–water partition coefficient (Wildman–Crippen LogP) is 4.52. The quantitative estimate of drug-likeness (QED) is 0.399. The molecule has 0 fully saturated rings. The van der Waals surface area contributed by atoms with Crippen LogP contribution in [0.3, 0.4) is 0 Å². The van der Waals surface area contributed by atoms with Crippen molar-refractivity contribution >= 4 is 22.3 Å². The molecule has 0 N–H and O–H groups in total. The number of rotatable bonds is 4. The molecule has 0 aliphatic rings. The summed E-state index contributed by atoms with van der Waals surface area (Å²) in [5, 5.41) is 5.27. The fourth-order valence-corrected chi connectivity index (χ4v) is 4.15. The van der Waals surface area contributed by atoms with Crippen molar-refractivity contribution in [3.63, 3.8) is 0 Å². The minimum absolute atomic E-state index is 0.0706. The summed E-state index contributed by atoms with van der Waals surface area (Å²) in [4.78, 5) is 31.2. The van der Waals surface area contributed by atoms with Crippen LogP contribution in [0.25, 0.3) is 27.9 Å². The van der Waals surface area contributed by atoms with Crippen molar-refractivity contribution in [2.24, 2.45) is 0 Å². The van der Waals surface area contributed by atoms with Gasteiger partial charge in [-0.15, -0.1) is 5.10 Å². The Bertz CT molecular complexity index is 1580. The third kappa shape index (κ3) is 3.30. The number of hydrogen-bond acceptors (Lipinski definition) is 4. The Hall–Kier alpha value is -4.06. The van der Waals surface area contributed by atoms with Crippen LogP contribution in [0.5, 0.6) is 0 Å². The van der Waals surface area contributed by atoms with E-state index < -0.39 is 0 Å². The number of aryl methyl sites for hydroxylation is 3. The molecule has 32 heavy (non-hydrogen) atoms. The Kier molecular flexibility index (Phi) is 4.70. The largest absolute Gasteiger partial charge is 0.351 e. The molecule has 2 heterocycles. The van der Waals surface area contributed by atoms with E-state index in [4.69, 9.17) is 0 Å². The number of fused-ring (bicyclic) bond motifs is 3. The van der Waals surface area contributed by atoms with E-state index in [1.165, 1.54) is 9.08 Å². The van der Waals surface area contributed by atoms with E-state index >= 15 is 0 Å². The van der Waals surface area contributed by atoms with Crippen molar-refractivity contribution in [1.82, 2.24) is 19.2 Å². The fraction of sp³-hybridized carbons (Fsp3) is 0.154. The first-order valence-electron chi connectivity index (χ1n) is 10.5. The molecule has 0 spiro atoms. The summed E-state index contributed by atoms with van der Waals surface area (Å²) >= 11 is 0. The average molecular weight is 422 g/mol. The monoisotopic (exact) mass is 422 g/mol. The first-order chi connectivity index (χ1) is 15.4. The van der Waals surface area contributed by atoms with Gasteiger partial charge in [-0.2, -0.15) is 4.52 Å². The summed E-state index contributed by atoms with van der Waals surface area (Å²) in [5.74, 6) is 0.363. The van der Waals surface area contributed by atoms with Gasteiger partial charge in [-0.1, -0.05) is 59.7 Å². The Labute approximate surface area is 184 Å². The number of aromatic nitrogens is 4. The van der Waals surface area contributed by atoms with E-state index in [2.05, 4.69) is 10.1 Å². The molecule has 0 amide bonds. The highest BCUT2D eigenvalue weighted by atomic mass is 16.2. The smallest absolute Gasteiger partial charge is 0.292 e. The zero-order valence-corrected chi connectivity index (χ0v) is 18.2. The second-order valence-electron chi connectivity index (χ2n) is 8.17. The third-order valence-electron chi connectivity index (χ3n) is 5.72. The zero-order chi connectivity index (χ0) is 22.4. The van der Waals surface area contributed by atoms with Crippen molar-refractivity contribution in [3.8, 4) is 11.4 Å². The van der Waals surface area contributed by atoms with Crippen molar-refractivity contribution in [1.29, 1.82) is 0 Å².